The first-order chi connectivity index (χ1) is 20.0. The maximum absolute atomic E-state index is 9.86. The van der Waals surface area contributed by atoms with Gasteiger partial charge in [-0.25, -0.2) is 4.98 Å². The van der Waals surface area contributed by atoms with Crippen molar-refractivity contribution in [1.29, 1.82) is 10.5 Å². The van der Waals surface area contributed by atoms with E-state index in [4.69, 9.17) is 16.3 Å². The second-order valence-electron chi connectivity index (χ2n) is 11.2. The van der Waals surface area contributed by atoms with Crippen LogP contribution in [0.4, 0.5) is 23.1 Å². The van der Waals surface area contributed by atoms with Gasteiger partial charge in [-0.05, 0) is 50.8 Å². The van der Waals surface area contributed by atoms with Crippen LogP contribution in [0, 0.1) is 28.6 Å². The van der Waals surface area contributed by atoms with E-state index >= 15 is 0 Å². The van der Waals surface area contributed by atoms with Gasteiger partial charge in [0.1, 0.15) is 6.07 Å². The molecule has 1 saturated heterocycles. The summed E-state index contributed by atoms with van der Waals surface area (Å²) in [5, 5.41) is 34.8. The molecule has 12 nitrogen and oxygen atoms in total. The van der Waals surface area contributed by atoms with Gasteiger partial charge in [-0.2, -0.15) is 20.0 Å². The maximum atomic E-state index is 9.86. The number of nitriles is 2. The Morgan fingerprint density at radius 3 is 2.71 bits per heavy atom. The van der Waals surface area contributed by atoms with Crippen LogP contribution < -0.4 is 20.9 Å². The summed E-state index contributed by atoms with van der Waals surface area (Å²) < 4.78 is 6.92. The summed E-state index contributed by atoms with van der Waals surface area (Å²) in [7, 11) is 3.91. The zero-order valence-electron chi connectivity index (χ0n) is 23.3. The number of rotatable bonds is 11. The van der Waals surface area contributed by atoms with Gasteiger partial charge >= 0.3 is 0 Å². The molecular formula is C28H34ClN11O. The van der Waals surface area contributed by atoms with Gasteiger partial charge in [0.15, 0.2) is 17.2 Å². The summed E-state index contributed by atoms with van der Waals surface area (Å²) >= 11 is 7.01. The lowest BCUT2D eigenvalue weighted by molar-refractivity contribution is 0.145. The number of ether oxygens (including phenoxy) is 1. The molecule has 3 fully saturated rings. The summed E-state index contributed by atoms with van der Waals surface area (Å²) in [4.78, 5) is 13.6. The smallest absolute Gasteiger partial charge is 0.247 e. The number of fused-ring (bicyclic) bond motifs is 1. The van der Waals surface area contributed by atoms with E-state index in [9.17, 15) is 10.5 Å². The molecule has 3 aromatic rings. The van der Waals surface area contributed by atoms with Gasteiger partial charge in [-0.15, -0.1) is 5.10 Å². The van der Waals surface area contributed by atoms with E-state index in [-0.39, 0.29) is 12.0 Å². The standard InChI is InChI=1S/C28H34ClN11O/c1-38-7-8-39(15-21(38)14-32-23(16-41-2)18-3-4-18)24-10-17(11-30)9-22(25(24)29)35-28-36-26(34-19-5-6-19)27-33-13-20(12-31)40(27)37-28/h9-10,13,18-19,21,23,32H,3-8,14-16H2,1-2H3,(H2,34,35,36,37)/t21-,23+/m1/s1. The number of hydrogen-bond donors (Lipinski definition) is 3. The van der Waals surface area contributed by atoms with E-state index in [2.05, 4.69) is 60.0 Å². The number of likely N-dealkylation sites (N-methyl/N-ethyl adjacent to an activating group) is 1. The number of nitrogens with one attached hydrogen (secondary N) is 3. The molecule has 1 aromatic carbocycles. The van der Waals surface area contributed by atoms with Crippen LogP contribution in [0.2, 0.25) is 5.02 Å². The third-order valence-corrected chi connectivity index (χ3v) is 8.49. The van der Waals surface area contributed by atoms with Gasteiger partial charge in [-0.3, -0.25) is 4.90 Å². The van der Waals surface area contributed by atoms with Crippen LogP contribution >= 0.6 is 11.6 Å². The van der Waals surface area contributed by atoms with Gasteiger partial charge in [0.05, 0.1) is 40.8 Å². The first-order valence-corrected chi connectivity index (χ1v) is 14.5. The monoisotopic (exact) mass is 575 g/mol. The topological polar surface area (TPSA) is 142 Å². The first kappa shape index (κ1) is 27.5. The fraction of sp³-hybridized carbons (Fsp3) is 0.536. The highest BCUT2D eigenvalue weighted by Gasteiger charge is 2.33. The molecule has 2 saturated carbocycles. The Morgan fingerprint density at radius 1 is 1.17 bits per heavy atom. The van der Waals surface area contributed by atoms with E-state index in [1.807, 2.05) is 6.07 Å². The summed E-state index contributed by atoms with van der Waals surface area (Å²) in [5.41, 5.74) is 2.59. The summed E-state index contributed by atoms with van der Waals surface area (Å²) in [6, 6.07) is 8.91. The predicted octanol–water partition coefficient (Wildman–Crippen LogP) is 2.97. The van der Waals surface area contributed by atoms with Crippen LogP contribution in [0.25, 0.3) is 5.65 Å². The molecule has 0 spiro atoms. The molecule has 0 unspecified atom stereocenters. The largest absolute Gasteiger partial charge is 0.383 e. The molecule has 6 rings (SSSR count). The van der Waals surface area contributed by atoms with Crippen molar-refractivity contribution in [2.24, 2.45) is 5.92 Å². The van der Waals surface area contributed by atoms with Crippen LogP contribution in [0.5, 0.6) is 0 Å². The van der Waals surface area contributed by atoms with Crippen molar-refractivity contribution < 1.29 is 4.74 Å². The molecule has 1 aliphatic heterocycles. The zero-order valence-corrected chi connectivity index (χ0v) is 24.0. The highest BCUT2D eigenvalue weighted by molar-refractivity contribution is 6.36. The van der Waals surface area contributed by atoms with E-state index in [0.29, 0.717) is 51.4 Å². The molecule has 214 valence electrons. The highest BCUT2D eigenvalue weighted by atomic mass is 35.5. The fourth-order valence-electron chi connectivity index (χ4n) is 5.36. The van der Waals surface area contributed by atoms with Crippen LogP contribution in [-0.2, 0) is 4.74 Å². The van der Waals surface area contributed by atoms with E-state index in [0.717, 1.165) is 51.3 Å². The number of nitrogens with zero attached hydrogens (tertiary/aromatic N) is 8. The molecule has 2 aliphatic carbocycles. The first-order valence-electron chi connectivity index (χ1n) is 14.1. The van der Waals surface area contributed by atoms with E-state index in [1.165, 1.54) is 23.6 Å². The Balaban J connectivity index is 1.25. The summed E-state index contributed by atoms with van der Waals surface area (Å²) in [6.07, 6.45) is 6.10. The van der Waals surface area contributed by atoms with Gasteiger partial charge in [0.2, 0.25) is 5.95 Å². The van der Waals surface area contributed by atoms with Gasteiger partial charge in [-0.1, -0.05) is 11.6 Å². The summed E-state index contributed by atoms with van der Waals surface area (Å²) in [6.45, 7) is 3.98. The van der Waals surface area contributed by atoms with E-state index < -0.39 is 0 Å². The van der Waals surface area contributed by atoms with Crippen LogP contribution in [0.15, 0.2) is 18.3 Å². The number of aromatic nitrogens is 4. The minimum absolute atomic E-state index is 0.253. The average Bonchev–Trinajstić information content (AvgIpc) is 3.92. The van der Waals surface area contributed by atoms with Gasteiger partial charge in [0.25, 0.3) is 0 Å². The molecule has 0 amide bonds. The number of benzene rings is 1. The van der Waals surface area contributed by atoms with Gasteiger partial charge < -0.3 is 25.6 Å². The highest BCUT2D eigenvalue weighted by Crippen LogP contribution is 2.37. The number of hydrogen-bond acceptors (Lipinski definition) is 11. The van der Waals surface area contributed by atoms with Crippen molar-refractivity contribution in [3.8, 4) is 12.1 Å². The Morgan fingerprint density at radius 2 is 2.00 bits per heavy atom. The Kier molecular flexibility index (Phi) is 7.82. The van der Waals surface area contributed by atoms with Crippen molar-refractivity contribution in [2.75, 3.05) is 62.5 Å². The fourth-order valence-corrected chi connectivity index (χ4v) is 5.63. The second-order valence-corrected chi connectivity index (χ2v) is 11.6. The quantitative estimate of drug-likeness (QED) is 0.310. The number of imidazole rings is 1. The van der Waals surface area contributed by atoms with Crippen molar-refractivity contribution in [3.63, 3.8) is 0 Å². The lowest BCUT2D eigenvalue weighted by Crippen LogP contribution is -2.56. The van der Waals surface area contributed by atoms with Crippen molar-refractivity contribution in [1.82, 2.24) is 29.8 Å². The number of anilines is 4. The molecular weight excluding hydrogens is 542 g/mol. The summed E-state index contributed by atoms with van der Waals surface area (Å²) in [5.74, 6) is 1.50. The Bertz CT molecular complexity index is 1500. The lowest BCUT2D eigenvalue weighted by atomic mass is 10.1. The van der Waals surface area contributed by atoms with Crippen molar-refractivity contribution in [2.45, 2.75) is 43.8 Å². The minimum Gasteiger partial charge on any atom is -0.383 e. The molecule has 2 aromatic heterocycles. The average molecular weight is 576 g/mol. The molecule has 3 heterocycles. The predicted molar refractivity (Wildman–Crippen MR) is 157 cm³/mol. The van der Waals surface area contributed by atoms with E-state index in [1.54, 1.807) is 13.2 Å². The number of piperazine rings is 1. The van der Waals surface area contributed by atoms with Crippen molar-refractivity contribution in [3.05, 3.63) is 34.6 Å². The Hall–Kier alpha value is -3.68. The molecule has 41 heavy (non-hydrogen) atoms. The molecule has 0 bridgehead atoms. The number of methoxy groups -OCH3 is 1. The van der Waals surface area contributed by atoms with Crippen LogP contribution in [-0.4, -0.2) is 89.6 Å². The van der Waals surface area contributed by atoms with Gasteiger partial charge in [0, 0.05) is 51.4 Å². The SMILES string of the molecule is COC[C@H](NC[C@@H]1CN(c2cc(C#N)cc(Nc3nc(NC4CC4)c4ncc(C#N)n4n3)c2Cl)CCN1C)C1CC1. The normalized spacial score (nSPS) is 20.0. The van der Waals surface area contributed by atoms with Crippen LogP contribution in [0.3, 0.4) is 0 Å². The van der Waals surface area contributed by atoms with Crippen LogP contribution in [0.1, 0.15) is 36.9 Å². The molecule has 13 heteroatoms. The molecule has 3 N–H and O–H groups in total. The lowest BCUT2D eigenvalue weighted by Gasteiger charge is -2.41. The minimum atomic E-state index is 0.253. The van der Waals surface area contributed by atoms with Crippen molar-refractivity contribution >= 4 is 40.4 Å². The number of halogens is 1. The zero-order chi connectivity index (χ0) is 28.5. The molecule has 0 radical (unpaired) electrons. The Labute approximate surface area is 244 Å². The third-order valence-electron chi connectivity index (χ3n) is 8.09. The maximum Gasteiger partial charge on any atom is 0.247 e. The second kappa shape index (κ2) is 11.7. The molecule has 3 aliphatic rings. The molecule has 2 atom stereocenters. The third kappa shape index (κ3) is 6.02.